The molecule has 1 atom stereocenters. The Hall–Kier alpha value is -1.31. The number of fused-ring (bicyclic) bond motifs is 1. The molecule has 0 aliphatic carbocycles. The van der Waals surface area contributed by atoms with Crippen LogP contribution in [0.15, 0.2) is 11.2 Å². The minimum absolute atomic E-state index is 0.0392. The van der Waals surface area contributed by atoms with Crippen molar-refractivity contribution in [2.45, 2.75) is 13.0 Å². The Balaban J connectivity index is 2.48. The van der Waals surface area contributed by atoms with E-state index in [1.165, 1.54) is 0 Å². The van der Waals surface area contributed by atoms with Crippen molar-refractivity contribution in [3.8, 4) is 0 Å². The Morgan fingerprint density at radius 2 is 2.11 bits per heavy atom. The molecular formula is C9H9Cl2N5OS. The number of amidine groups is 1. The average Bonchev–Trinajstić information content (AvgIpc) is 2.82. The van der Waals surface area contributed by atoms with E-state index < -0.39 is 6.04 Å². The second-order valence-electron chi connectivity index (χ2n) is 3.57. The van der Waals surface area contributed by atoms with Crippen LogP contribution in [0.25, 0.3) is 11.0 Å². The van der Waals surface area contributed by atoms with Crippen molar-refractivity contribution in [1.29, 1.82) is 0 Å². The molecule has 2 rings (SSSR count). The van der Waals surface area contributed by atoms with Gasteiger partial charge in [-0.1, -0.05) is 28.4 Å². The number of halogens is 2. The van der Waals surface area contributed by atoms with Crippen LogP contribution in [-0.2, 0) is 0 Å². The fourth-order valence-electron chi connectivity index (χ4n) is 1.39. The molecule has 0 saturated heterocycles. The van der Waals surface area contributed by atoms with Crippen LogP contribution in [0.4, 0.5) is 5.69 Å². The molecule has 96 valence electrons. The van der Waals surface area contributed by atoms with E-state index in [2.05, 4.69) is 19.2 Å². The van der Waals surface area contributed by atoms with Gasteiger partial charge in [-0.25, -0.2) is 0 Å². The van der Waals surface area contributed by atoms with Gasteiger partial charge in [0.2, 0.25) is 0 Å². The first-order valence-corrected chi connectivity index (χ1v) is 6.37. The van der Waals surface area contributed by atoms with Crippen LogP contribution in [0, 0.1) is 0 Å². The van der Waals surface area contributed by atoms with Crippen LogP contribution in [0.1, 0.15) is 6.92 Å². The lowest BCUT2D eigenvalue weighted by Gasteiger charge is -2.15. The highest BCUT2D eigenvalue weighted by atomic mass is 35.5. The monoisotopic (exact) mass is 305 g/mol. The molecule has 4 N–H and O–H groups in total. The zero-order chi connectivity index (χ0) is 13.3. The number of benzene rings is 1. The average molecular weight is 306 g/mol. The number of nitrogens with zero attached hydrogens (tertiary/aromatic N) is 3. The second-order valence-corrected chi connectivity index (χ2v) is 4.91. The van der Waals surface area contributed by atoms with Gasteiger partial charge in [0.05, 0.1) is 33.5 Å². The lowest BCUT2D eigenvalue weighted by atomic mass is 10.2. The third-order valence-corrected chi connectivity index (χ3v) is 3.48. The molecule has 1 aromatic heterocycles. The predicted octanol–water partition coefficient (Wildman–Crippen LogP) is 2.54. The van der Waals surface area contributed by atoms with Crippen molar-refractivity contribution in [2.24, 2.45) is 10.9 Å². The highest BCUT2D eigenvalue weighted by Gasteiger charge is 2.17. The molecule has 0 bridgehead atoms. The maximum Gasteiger partial charge on any atom is 0.161 e. The molecule has 0 amide bonds. The molecule has 0 aliphatic heterocycles. The summed E-state index contributed by atoms with van der Waals surface area (Å²) in [5.74, 6) is 0.0392. The zero-order valence-electron chi connectivity index (χ0n) is 9.19. The predicted molar refractivity (Wildman–Crippen MR) is 73.9 cm³/mol. The smallest absolute Gasteiger partial charge is 0.161 e. The Kier molecular flexibility index (Phi) is 3.74. The summed E-state index contributed by atoms with van der Waals surface area (Å²) in [6.07, 6.45) is 0. The maximum absolute atomic E-state index is 8.61. The number of aromatic nitrogens is 2. The Labute approximate surface area is 117 Å². The van der Waals surface area contributed by atoms with Gasteiger partial charge in [0.25, 0.3) is 0 Å². The fourth-order valence-corrected chi connectivity index (χ4v) is 2.56. The first-order valence-electron chi connectivity index (χ1n) is 4.88. The van der Waals surface area contributed by atoms with E-state index in [9.17, 15) is 0 Å². The summed E-state index contributed by atoms with van der Waals surface area (Å²) in [6, 6.07) is 1.17. The summed E-state index contributed by atoms with van der Waals surface area (Å²) >= 11 is 13.1. The van der Waals surface area contributed by atoms with E-state index >= 15 is 0 Å². The number of nitrogens with two attached hydrogens (primary N) is 1. The van der Waals surface area contributed by atoms with Gasteiger partial charge in [-0.2, -0.15) is 8.75 Å². The maximum atomic E-state index is 8.61. The normalized spacial score (nSPS) is 13.8. The lowest BCUT2D eigenvalue weighted by Crippen LogP contribution is -2.33. The molecule has 1 unspecified atom stereocenters. The summed E-state index contributed by atoms with van der Waals surface area (Å²) in [5.41, 5.74) is 7.19. The van der Waals surface area contributed by atoms with Gasteiger partial charge in [-0.3, -0.25) is 0 Å². The van der Waals surface area contributed by atoms with Gasteiger partial charge in [0, 0.05) is 0 Å². The van der Waals surface area contributed by atoms with Crippen LogP contribution >= 0.6 is 34.9 Å². The van der Waals surface area contributed by atoms with E-state index in [0.717, 1.165) is 11.7 Å². The first-order chi connectivity index (χ1) is 8.54. The van der Waals surface area contributed by atoms with Crippen molar-refractivity contribution in [3.05, 3.63) is 16.1 Å². The fraction of sp³-hybridized carbons (Fsp3) is 0.222. The molecule has 0 radical (unpaired) electrons. The summed E-state index contributed by atoms with van der Waals surface area (Å²) in [4.78, 5) is 0. The van der Waals surface area contributed by atoms with E-state index in [-0.39, 0.29) is 5.84 Å². The molecule has 18 heavy (non-hydrogen) atoms. The van der Waals surface area contributed by atoms with Crippen molar-refractivity contribution in [1.82, 2.24) is 8.75 Å². The molecule has 9 heteroatoms. The Morgan fingerprint density at radius 1 is 1.44 bits per heavy atom. The largest absolute Gasteiger partial charge is 0.409 e. The molecule has 2 aromatic rings. The molecule has 0 aliphatic rings. The van der Waals surface area contributed by atoms with Gasteiger partial charge in [-0.05, 0) is 13.0 Å². The molecule has 1 heterocycles. The first kappa shape index (κ1) is 13.1. The molecule has 0 saturated carbocycles. The van der Waals surface area contributed by atoms with Crippen LogP contribution in [0.3, 0.4) is 0 Å². The summed E-state index contributed by atoms with van der Waals surface area (Å²) in [7, 11) is 0. The van der Waals surface area contributed by atoms with E-state index in [0.29, 0.717) is 26.8 Å². The third kappa shape index (κ3) is 2.29. The van der Waals surface area contributed by atoms with Crippen LogP contribution in [0.2, 0.25) is 10.0 Å². The number of hydrogen-bond acceptors (Lipinski definition) is 6. The number of oxime groups is 1. The number of rotatable bonds is 3. The van der Waals surface area contributed by atoms with Crippen molar-refractivity contribution >= 4 is 57.5 Å². The summed E-state index contributed by atoms with van der Waals surface area (Å²) < 4.78 is 8.22. The molecule has 6 nitrogen and oxygen atoms in total. The summed E-state index contributed by atoms with van der Waals surface area (Å²) in [6.45, 7) is 1.73. The zero-order valence-corrected chi connectivity index (χ0v) is 11.5. The van der Waals surface area contributed by atoms with E-state index in [1.54, 1.807) is 13.0 Å². The van der Waals surface area contributed by atoms with Crippen molar-refractivity contribution in [2.75, 3.05) is 5.32 Å². The number of nitrogens with one attached hydrogen (secondary N) is 1. The number of hydrogen-bond donors (Lipinski definition) is 3. The topological polar surface area (TPSA) is 96.4 Å². The minimum atomic E-state index is -0.404. The van der Waals surface area contributed by atoms with Gasteiger partial charge in [0.15, 0.2) is 5.84 Å². The molecule has 1 aromatic carbocycles. The van der Waals surface area contributed by atoms with Crippen LogP contribution in [0.5, 0.6) is 0 Å². The molecule has 0 fully saturated rings. The molecule has 0 spiro atoms. The van der Waals surface area contributed by atoms with E-state index in [4.69, 9.17) is 34.1 Å². The van der Waals surface area contributed by atoms with Crippen molar-refractivity contribution < 1.29 is 5.21 Å². The summed E-state index contributed by atoms with van der Waals surface area (Å²) in [5, 5.41) is 15.4. The van der Waals surface area contributed by atoms with Gasteiger partial charge in [-0.15, -0.1) is 0 Å². The SMILES string of the molecule is CC(Nc1c(Cl)cc(Cl)c2nsnc12)C(N)=NO. The van der Waals surface area contributed by atoms with Crippen LogP contribution in [-0.4, -0.2) is 25.8 Å². The number of anilines is 1. The Morgan fingerprint density at radius 3 is 2.78 bits per heavy atom. The van der Waals surface area contributed by atoms with Gasteiger partial charge < -0.3 is 16.3 Å². The van der Waals surface area contributed by atoms with Gasteiger partial charge >= 0.3 is 0 Å². The van der Waals surface area contributed by atoms with Crippen molar-refractivity contribution in [3.63, 3.8) is 0 Å². The van der Waals surface area contributed by atoms with E-state index in [1.807, 2.05) is 0 Å². The highest BCUT2D eigenvalue weighted by Crippen LogP contribution is 2.35. The minimum Gasteiger partial charge on any atom is -0.409 e. The quantitative estimate of drug-likeness (QED) is 0.350. The Bertz CT molecular complexity index is 614. The second kappa shape index (κ2) is 5.13. The third-order valence-electron chi connectivity index (χ3n) is 2.36. The molecular weight excluding hydrogens is 297 g/mol. The standard InChI is InChI=1S/C9H9Cl2N5OS/c1-3(9(12)14-17)13-6-4(10)2-5(11)7-8(6)16-18-15-7/h2-3,13,17H,1H3,(H2,12,14). The lowest BCUT2D eigenvalue weighted by molar-refractivity contribution is 0.316. The highest BCUT2D eigenvalue weighted by molar-refractivity contribution is 7.00. The van der Waals surface area contributed by atoms with Crippen LogP contribution < -0.4 is 11.1 Å². The van der Waals surface area contributed by atoms with Gasteiger partial charge in [0.1, 0.15) is 11.0 Å².